The maximum Gasteiger partial charge on any atom is 0.261 e. The van der Waals surface area contributed by atoms with E-state index >= 15 is 0 Å². The Balaban J connectivity index is 1.14. The molecule has 2 aromatic heterocycles. The molecule has 4 aromatic rings. The number of amides is 1. The third kappa shape index (κ3) is 5.75. The number of aromatic nitrogens is 2. The number of thiazole rings is 1. The van der Waals surface area contributed by atoms with Gasteiger partial charge in [-0.25, -0.2) is 4.98 Å². The molecule has 0 unspecified atom stereocenters. The molecule has 2 N–H and O–H groups in total. The van der Waals surface area contributed by atoms with E-state index in [1.807, 2.05) is 41.8 Å². The molecule has 1 aliphatic heterocycles. The molecule has 0 atom stereocenters. The van der Waals surface area contributed by atoms with Gasteiger partial charge < -0.3 is 10.3 Å². The van der Waals surface area contributed by atoms with Crippen molar-refractivity contribution in [3.63, 3.8) is 0 Å². The topological polar surface area (TPSA) is 78.1 Å². The first kappa shape index (κ1) is 23.2. The van der Waals surface area contributed by atoms with Gasteiger partial charge in [0.05, 0.1) is 12.2 Å². The number of hydrogen-bond acceptors (Lipinski definition) is 5. The van der Waals surface area contributed by atoms with Crippen LogP contribution in [0.3, 0.4) is 0 Å². The molecule has 35 heavy (non-hydrogen) atoms. The number of pyridine rings is 1. The zero-order chi connectivity index (χ0) is 24.0. The van der Waals surface area contributed by atoms with Gasteiger partial charge in [-0.3, -0.25) is 14.5 Å². The van der Waals surface area contributed by atoms with Crippen LogP contribution >= 0.6 is 11.3 Å². The van der Waals surface area contributed by atoms with Gasteiger partial charge in [0.2, 0.25) is 0 Å². The van der Waals surface area contributed by atoms with Crippen molar-refractivity contribution >= 4 is 17.2 Å². The maximum atomic E-state index is 12.6. The molecule has 0 saturated carbocycles. The van der Waals surface area contributed by atoms with Crippen LogP contribution in [0.2, 0.25) is 0 Å². The lowest BCUT2D eigenvalue weighted by Crippen LogP contribution is -2.34. The summed E-state index contributed by atoms with van der Waals surface area (Å²) in [5.74, 6) is 0.206. The minimum Gasteiger partial charge on any atom is -0.345 e. The van der Waals surface area contributed by atoms with Crippen LogP contribution in [0.4, 0.5) is 0 Å². The Kier molecular flexibility index (Phi) is 7.16. The molecule has 7 heteroatoms. The Morgan fingerprint density at radius 1 is 1.00 bits per heavy atom. The fraction of sp³-hybridized carbons (Fsp3) is 0.250. The molecule has 178 valence electrons. The van der Waals surface area contributed by atoms with Gasteiger partial charge >= 0.3 is 0 Å². The number of rotatable bonds is 7. The van der Waals surface area contributed by atoms with Gasteiger partial charge in [-0.05, 0) is 49.5 Å². The quantitative estimate of drug-likeness (QED) is 0.395. The normalized spacial score (nSPS) is 14.6. The number of benzene rings is 2. The van der Waals surface area contributed by atoms with Gasteiger partial charge in [0, 0.05) is 23.2 Å². The summed E-state index contributed by atoms with van der Waals surface area (Å²) in [7, 11) is 0. The summed E-state index contributed by atoms with van der Waals surface area (Å²) in [5.41, 5.74) is 3.93. The van der Waals surface area contributed by atoms with E-state index in [1.165, 1.54) is 16.9 Å². The van der Waals surface area contributed by atoms with Crippen molar-refractivity contribution in [1.29, 1.82) is 0 Å². The fourth-order valence-electron chi connectivity index (χ4n) is 4.56. The summed E-state index contributed by atoms with van der Waals surface area (Å²) >= 11 is 1.49. The molecule has 0 aliphatic carbocycles. The Bertz CT molecular complexity index is 1330. The highest BCUT2D eigenvalue weighted by molar-refractivity contribution is 7.09. The predicted molar refractivity (Wildman–Crippen MR) is 139 cm³/mol. The summed E-state index contributed by atoms with van der Waals surface area (Å²) in [6, 6.07) is 24.1. The Morgan fingerprint density at radius 2 is 1.71 bits per heavy atom. The van der Waals surface area contributed by atoms with E-state index in [0.29, 0.717) is 12.5 Å². The lowest BCUT2D eigenvalue weighted by Gasteiger charge is -2.32. The third-order valence-corrected chi connectivity index (χ3v) is 7.34. The van der Waals surface area contributed by atoms with Crippen molar-refractivity contribution in [2.45, 2.75) is 31.8 Å². The van der Waals surface area contributed by atoms with Crippen LogP contribution in [-0.4, -0.2) is 33.9 Å². The van der Waals surface area contributed by atoms with E-state index in [4.69, 9.17) is 0 Å². The number of aromatic amines is 1. The molecular weight excluding hydrogens is 456 g/mol. The first-order valence-electron chi connectivity index (χ1n) is 11.9. The zero-order valence-corrected chi connectivity index (χ0v) is 20.3. The van der Waals surface area contributed by atoms with Crippen LogP contribution in [0.25, 0.3) is 11.3 Å². The Labute approximate surface area is 208 Å². The molecule has 1 amide bonds. The predicted octanol–water partition coefficient (Wildman–Crippen LogP) is 4.81. The molecule has 6 nitrogen and oxygen atoms in total. The lowest BCUT2D eigenvalue weighted by molar-refractivity contribution is 0.0949. The molecular formula is C28H28N4O2S. The van der Waals surface area contributed by atoms with Crippen molar-refractivity contribution in [2.24, 2.45) is 0 Å². The lowest BCUT2D eigenvalue weighted by atomic mass is 9.89. The van der Waals surface area contributed by atoms with E-state index < -0.39 is 5.91 Å². The second-order valence-corrected chi connectivity index (χ2v) is 9.81. The molecule has 0 radical (unpaired) electrons. The number of nitrogens with zero attached hydrogens (tertiary/aromatic N) is 2. The van der Waals surface area contributed by atoms with Gasteiger partial charge in [0.15, 0.2) is 0 Å². The number of piperidine rings is 1. The van der Waals surface area contributed by atoms with E-state index in [0.717, 1.165) is 47.9 Å². The van der Waals surface area contributed by atoms with Crippen LogP contribution in [-0.2, 0) is 13.1 Å². The highest BCUT2D eigenvalue weighted by atomic mass is 32.1. The van der Waals surface area contributed by atoms with E-state index in [-0.39, 0.29) is 17.7 Å². The summed E-state index contributed by atoms with van der Waals surface area (Å²) in [6.07, 6.45) is 2.22. The van der Waals surface area contributed by atoms with Crippen LogP contribution < -0.4 is 10.9 Å². The minimum absolute atomic E-state index is 0.122. The smallest absolute Gasteiger partial charge is 0.261 e. The highest BCUT2D eigenvalue weighted by Gasteiger charge is 2.21. The largest absolute Gasteiger partial charge is 0.345 e. The highest BCUT2D eigenvalue weighted by Crippen LogP contribution is 2.28. The summed E-state index contributed by atoms with van der Waals surface area (Å²) in [4.78, 5) is 35.1. The van der Waals surface area contributed by atoms with Gasteiger partial charge in [-0.2, -0.15) is 0 Å². The van der Waals surface area contributed by atoms with Crippen molar-refractivity contribution in [2.75, 3.05) is 13.1 Å². The fourth-order valence-corrected chi connectivity index (χ4v) is 5.30. The molecule has 0 bridgehead atoms. The van der Waals surface area contributed by atoms with Crippen LogP contribution in [0.5, 0.6) is 0 Å². The van der Waals surface area contributed by atoms with Crippen LogP contribution in [0.15, 0.2) is 83.0 Å². The van der Waals surface area contributed by atoms with Gasteiger partial charge in [0.25, 0.3) is 11.5 Å². The number of hydrogen-bond donors (Lipinski definition) is 2. The standard InChI is InChI=1S/C28H28N4O2S/c33-27(29-17-26-31-25(19-35-26)22-9-5-2-6-10-22)24-12-11-23(30-28(24)34)18-32-15-13-21(14-16-32)20-7-3-1-4-8-20/h1-12,19,21H,13-18H2,(H,29,33)(H,30,34). The van der Waals surface area contributed by atoms with Crippen LogP contribution in [0, 0.1) is 0 Å². The van der Waals surface area contributed by atoms with Crippen molar-refractivity contribution in [3.05, 3.63) is 110 Å². The minimum atomic E-state index is -0.391. The van der Waals surface area contributed by atoms with E-state index in [9.17, 15) is 9.59 Å². The Morgan fingerprint density at radius 3 is 2.43 bits per heavy atom. The second kappa shape index (κ2) is 10.8. The van der Waals surface area contributed by atoms with Gasteiger partial charge in [-0.15, -0.1) is 11.3 Å². The molecule has 5 rings (SSSR count). The van der Waals surface area contributed by atoms with Crippen molar-refractivity contribution < 1.29 is 4.79 Å². The SMILES string of the molecule is O=C(NCc1nc(-c2ccccc2)cs1)c1ccc(CN2CCC(c3ccccc3)CC2)[nH]c1=O. The van der Waals surface area contributed by atoms with Gasteiger partial charge in [-0.1, -0.05) is 60.7 Å². The number of H-pyrrole nitrogens is 1. The average Bonchev–Trinajstić information content (AvgIpc) is 3.38. The summed E-state index contributed by atoms with van der Waals surface area (Å²) in [5, 5.41) is 5.59. The Hall–Kier alpha value is -3.55. The van der Waals surface area contributed by atoms with Crippen molar-refractivity contribution in [3.8, 4) is 11.3 Å². The molecule has 2 aromatic carbocycles. The zero-order valence-electron chi connectivity index (χ0n) is 19.4. The van der Waals surface area contributed by atoms with E-state index in [1.54, 1.807) is 6.07 Å². The number of carbonyl (C=O) groups is 1. The van der Waals surface area contributed by atoms with Crippen molar-refractivity contribution in [1.82, 2.24) is 20.2 Å². The van der Waals surface area contributed by atoms with E-state index in [2.05, 4.69) is 50.5 Å². The third-order valence-electron chi connectivity index (χ3n) is 6.49. The van der Waals surface area contributed by atoms with Crippen LogP contribution in [0.1, 0.15) is 45.4 Å². The molecule has 1 aliphatic rings. The molecule has 1 saturated heterocycles. The molecule has 3 heterocycles. The van der Waals surface area contributed by atoms with Gasteiger partial charge in [0.1, 0.15) is 10.6 Å². The number of carbonyl (C=O) groups excluding carboxylic acids is 1. The summed E-state index contributed by atoms with van der Waals surface area (Å²) < 4.78 is 0. The summed E-state index contributed by atoms with van der Waals surface area (Å²) in [6.45, 7) is 2.94. The molecule has 0 spiro atoms. The molecule has 1 fully saturated rings. The number of likely N-dealkylation sites (tertiary alicyclic amines) is 1. The number of nitrogens with one attached hydrogen (secondary N) is 2. The maximum absolute atomic E-state index is 12.6. The average molecular weight is 485 g/mol. The first-order chi connectivity index (χ1) is 17.2. The second-order valence-electron chi connectivity index (χ2n) is 8.86. The first-order valence-corrected chi connectivity index (χ1v) is 12.8. The monoisotopic (exact) mass is 484 g/mol.